The predicted molar refractivity (Wildman–Crippen MR) is 58.8 cm³/mol. The van der Waals surface area contributed by atoms with E-state index in [4.69, 9.17) is 4.74 Å². The summed E-state index contributed by atoms with van der Waals surface area (Å²) in [5.74, 6) is 1.01. The van der Waals surface area contributed by atoms with Crippen LogP contribution in [0.15, 0.2) is 23.1 Å². The molecule has 0 aromatic heterocycles. The van der Waals surface area contributed by atoms with Gasteiger partial charge in [-0.25, -0.2) is 0 Å². The van der Waals surface area contributed by atoms with E-state index < -0.39 is 0 Å². The molecule has 0 heterocycles. The molecule has 0 fully saturated rings. The first-order valence-corrected chi connectivity index (χ1v) is 5.84. The van der Waals surface area contributed by atoms with Gasteiger partial charge in [-0.2, -0.15) is 0 Å². The van der Waals surface area contributed by atoms with E-state index in [1.807, 2.05) is 6.92 Å². The van der Waals surface area contributed by atoms with Gasteiger partial charge in [0, 0.05) is 4.90 Å². The second kappa shape index (κ2) is 5.18. The molecule has 0 atom stereocenters. The lowest BCUT2D eigenvalue weighted by Crippen LogP contribution is -1.94. The van der Waals surface area contributed by atoms with Crippen molar-refractivity contribution in [1.82, 2.24) is 0 Å². The molecule has 1 aromatic rings. The van der Waals surface area contributed by atoms with Crippen LogP contribution in [0.3, 0.4) is 0 Å². The maximum Gasteiger partial charge on any atom is 0.132 e. The Morgan fingerprint density at radius 3 is 2.62 bits per heavy atom. The van der Waals surface area contributed by atoms with E-state index in [0.717, 1.165) is 18.8 Å². The molecule has 1 aromatic carbocycles. The topological polar surface area (TPSA) is 9.23 Å². The van der Waals surface area contributed by atoms with Gasteiger partial charge in [0.2, 0.25) is 0 Å². The van der Waals surface area contributed by atoms with E-state index in [1.165, 1.54) is 10.5 Å². The summed E-state index contributed by atoms with van der Waals surface area (Å²) in [4.78, 5) is 1.24. The predicted octanol–water partition coefficient (Wildman–Crippen LogP) is 3.37. The minimum Gasteiger partial charge on any atom is -0.493 e. The average molecular weight is 196 g/mol. The molecule has 0 radical (unpaired) electrons. The molecular weight excluding hydrogens is 180 g/mol. The Hall–Kier alpha value is -0.630. The highest BCUT2D eigenvalue weighted by molar-refractivity contribution is 7.98. The summed E-state index contributed by atoms with van der Waals surface area (Å²) in [6.07, 6.45) is 3.16. The Balaban J connectivity index is 2.93. The molecule has 72 valence electrons. The van der Waals surface area contributed by atoms with Crippen molar-refractivity contribution in [3.8, 4) is 5.75 Å². The standard InChI is InChI=1S/C11H16OS/c1-4-9-6-7-10(12-5-2)11(8-9)13-3/h6-8H,4-5H2,1-3H3. The van der Waals surface area contributed by atoms with Crippen molar-refractivity contribution in [3.05, 3.63) is 23.8 Å². The van der Waals surface area contributed by atoms with Gasteiger partial charge in [-0.3, -0.25) is 0 Å². The molecule has 0 saturated carbocycles. The third-order valence-corrected chi connectivity index (χ3v) is 2.69. The van der Waals surface area contributed by atoms with Gasteiger partial charge in [0.25, 0.3) is 0 Å². The van der Waals surface area contributed by atoms with E-state index in [0.29, 0.717) is 0 Å². The molecule has 0 aliphatic rings. The first kappa shape index (κ1) is 10.5. The van der Waals surface area contributed by atoms with Gasteiger partial charge < -0.3 is 4.74 Å². The number of hydrogen-bond acceptors (Lipinski definition) is 2. The largest absolute Gasteiger partial charge is 0.493 e. The van der Waals surface area contributed by atoms with Gasteiger partial charge in [0.1, 0.15) is 5.75 Å². The molecule has 0 unspecified atom stereocenters. The first-order chi connectivity index (χ1) is 6.31. The average Bonchev–Trinajstić information content (AvgIpc) is 2.19. The summed E-state index contributed by atoms with van der Waals surface area (Å²) in [6, 6.07) is 6.40. The Bertz CT molecular complexity index is 271. The summed E-state index contributed by atoms with van der Waals surface area (Å²) < 4.78 is 5.51. The fourth-order valence-electron chi connectivity index (χ4n) is 1.21. The Kier molecular flexibility index (Phi) is 4.16. The van der Waals surface area contributed by atoms with E-state index in [1.54, 1.807) is 11.8 Å². The van der Waals surface area contributed by atoms with Crippen LogP contribution >= 0.6 is 11.8 Å². The molecule has 0 spiro atoms. The van der Waals surface area contributed by atoms with Crippen molar-refractivity contribution in [2.24, 2.45) is 0 Å². The molecule has 0 amide bonds. The fraction of sp³-hybridized carbons (Fsp3) is 0.455. The molecule has 0 aliphatic heterocycles. The zero-order valence-corrected chi connectivity index (χ0v) is 9.28. The Labute approximate surface area is 84.5 Å². The summed E-state index contributed by atoms with van der Waals surface area (Å²) in [5, 5.41) is 0. The maximum absolute atomic E-state index is 5.51. The molecule has 2 heteroatoms. The third-order valence-electron chi connectivity index (χ3n) is 1.94. The van der Waals surface area contributed by atoms with Crippen LogP contribution in [0.5, 0.6) is 5.75 Å². The number of thioether (sulfide) groups is 1. The van der Waals surface area contributed by atoms with Crippen molar-refractivity contribution in [2.75, 3.05) is 12.9 Å². The quantitative estimate of drug-likeness (QED) is 0.683. The first-order valence-electron chi connectivity index (χ1n) is 4.61. The smallest absolute Gasteiger partial charge is 0.132 e. The molecule has 0 N–H and O–H groups in total. The normalized spacial score (nSPS) is 10.1. The highest BCUT2D eigenvalue weighted by Crippen LogP contribution is 2.28. The Morgan fingerprint density at radius 1 is 1.31 bits per heavy atom. The zero-order valence-electron chi connectivity index (χ0n) is 8.46. The molecule has 0 bridgehead atoms. The van der Waals surface area contributed by atoms with Crippen LogP contribution in [0, 0.1) is 0 Å². The maximum atomic E-state index is 5.51. The molecular formula is C11H16OS. The zero-order chi connectivity index (χ0) is 9.68. The number of benzene rings is 1. The summed E-state index contributed by atoms with van der Waals surface area (Å²) >= 11 is 1.74. The van der Waals surface area contributed by atoms with Gasteiger partial charge in [-0.1, -0.05) is 13.0 Å². The number of rotatable bonds is 4. The van der Waals surface area contributed by atoms with E-state index >= 15 is 0 Å². The monoisotopic (exact) mass is 196 g/mol. The number of aryl methyl sites for hydroxylation is 1. The van der Waals surface area contributed by atoms with E-state index in [9.17, 15) is 0 Å². The highest BCUT2D eigenvalue weighted by atomic mass is 32.2. The molecule has 0 saturated heterocycles. The van der Waals surface area contributed by atoms with Gasteiger partial charge in [0.15, 0.2) is 0 Å². The van der Waals surface area contributed by atoms with Gasteiger partial charge in [-0.05, 0) is 37.3 Å². The second-order valence-corrected chi connectivity index (χ2v) is 3.62. The SMILES string of the molecule is CCOc1ccc(CC)cc1SC. The lowest BCUT2D eigenvalue weighted by molar-refractivity contribution is 0.332. The third kappa shape index (κ3) is 2.66. The lowest BCUT2D eigenvalue weighted by Gasteiger charge is -2.09. The molecule has 1 rings (SSSR count). The molecule has 0 aliphatic carbocycles. The Morgan fingerprint density at radius 2 is 2.08 bits per heavy atom. The summed E-state index contributed by atoms with van der Waals surface area (Å²) in [6.45, 7) is 4.91. The minimum absolute atomic E-state index is 0.735. The van der Waals surface area contributed by atoms with Crippen molar-refractivity contribution in [2.45, 2.75) is 25.2 Å². The van der Waals surface area contributed by atoms with Crippen LogP contribution in [0.1, 0.15) is 19.4 Å². The van der Waals surface area contributed by atoms with Crippen LogP contribution in [0.2, 0.25) is 0 Å². The number of ether oxygens (including phenoxy) is 1. The van der Waals surface area contributed by atoms with Gasteiger partial charge in [-0.15, -0.1) is 11.8 Å². The fourth-order valence-corrected chi connectivity index (χ4v) is 1.80. The minimum atomic E-state index is 0.735. The van der Waals surface area contributed by atoms with Crippen LogP contribution in [0.25, 0.3) is 0 Å². The van der Waals surface area contributed by atoms with Crippen molar-refractivity contribution in [1.29, 1.82) is 0 Å². The number of hydrogen-bond donors (Lipinski definition) is 0. The van der Waals surface area contributed by atoms with Crippen LogP contribution in [-0.2, 0) is 6.42 Å². The van der Waals surface area contributed by atoms with E-state index in [-0.39, 0.29) is 0 Å². The van der Waals surface area contributed by atoms with Crippen LogP contribution in [-0.4, -0.2) is 12.9 Å². The lowest BCUT2D eigenvalue weighted by atomic mass is 10.2. The second-order valence-electron chi connectivity index (χ2n) is 2.77. The molecule has 1 nitrogen and oxygen atoms in total. The highest BCUT2D eigenvalue weighted by Gasteiger charge is 2.02. The summed E-state index contributed by atoms with van der Waals surface area (Å²) in [7, 11) is 0. The van der Waals surface area contributed by atoms with Crippen molar-refractivity contribution >= 4 is 11.8 Å². The van der Waals surface area contributed by atoms with E-state index in [2.05, 4.69) is 31.4 Å². The van der Waals surface area contributed by atoms with Crippen molar-refractivity contribution in [3.63, 3.8) is 0 Å². The van der Waals surface area contributed by atoms with Crippen molar-refractivity contribution < 1.29 is 4.74 Å². The van der Waals surface area contributed by atoms with Crippen LogP contribution < -0.4 is 4.74 Å². The van der Waals surface area contributed by atoms with Gasteiger partial charge in [0.05, 0.1) is 6.61 Å². The summed E-state index contributed by atoms with van der Waals surface area (Å²) in [5.41, 5.74) is 1.37. The van der Waals surface area contributed by atoms with Crippen LogP contribution in [0.4, 0.5) is 0 Å². The molecule has 13 heavy (non-hydrogen) atoms. The van der Waals surface area contributed by atoms with Gasteiger partial charge >= 0.3 is 0 Å².